The average Bonchev–Trinajstić information content (AvgIpc) is 2.42. The van der Waals surface area contributed by atoms with Crippen LogP contribution >= 0.6 is 0 Å². The minimum Gasteiger partial charge on any atom is -0.379 e. The lowest BCUT2D eigenvalue weighted by molar-refractivity contribution is -0.131. The Morgan fingerprint density at radius 3 is 2.55 bits per heavy atom. The van der Waals surface area contributed by atoms with Crippen LogP contribution in [0.25, 0.3) is 0 Å². The number of ketones is 1. The first kappa shape index (κ1) is 15.1. The predicted octanol–water partition coefficient (Wildman–Crippen LogP) is 2.19. The Hall–Kier alpha value is -1.33. The molecule has 5 heteroatoms. The largest absolute Gasteiger partial charge is 0.379 e. The van der Waals surface area contributed by atoms with Crippen LogP contribution in [0.3, 0.4) is 0 Å². The first-order valence-corrected chi connectivity index (χ1v) is 6.71. The van der Waals surface area contributed by atoms with Gasteiger partial charge in [0.2, 0.25) is 0 Å². The van der Waals surface area contributed by atoms with Crippen molar-refractivity contribution in [3.8, 4) is 0 Å². The summed E-state index contributed by atoms with van der Waals surface area (Å²) in [6, 6.07) is 3.32. The van der Waals surface area contributed by atoms with Gasteiger partial charge in [0.25, 0.3) is 0 Å². The molecule has 1 aliphatic rings. The van der Waals surface area contributed by atoms with Gasteiger partial charge in [0.05, 0.1) is 18.8 Å². The Morgan fingerprint density at radius 1 is 1.30 bits per heavy atom. The molecule has 0 N–H and O–H groups in total. The van der Waals surface area contributed by atoms with Gasteiger partial charge in [0, 0.05) is 25.6 Å². The number of benzene rings is 1. The van der Waals surface area contributed by atoms with Gasteiger partial charge < -0.3 is 4.74 Å². The van der Waals surface area contributed by atoms with Gasteiger partial charge in [-0.25, -0.2) is 8.78 Å². The molecule has 1 fully saturated rings. The van der Waals surface area contributed by atoms with E-state index in [-0.39, 0.29) is 17.8 Å². The van der Waals surface area contributed by atoms with Crippen molar-refractivity contribution in [2.45, 2.75) is 25.8 Å². The van der Waals surface area contributed by atoms with E-state index in [1.165, 1.54) is 12.1 Å². The molecule has 0 atom stereocenters. The highest BCUT2D eigenvalue weighted by Crippen LogP contribution is 2.21. The summed E-state index contributed by atoms with van der Waals surface area (Å²) in [5.74, 6) is -1.38. The molecule has 2 rings (SSSR count). The van der Waals surface area contributed by atoms with Crippen LogP contribution < -0.4 is 0 Å². The summed E-state index contributed by atoms with van der Waals surface area (Å²) in [5.41, 5.74) is -0.442. The number of nitrogens with zero attached hydrogens (tertiary/aromatic N) is 1. The van der Waals surface area contributed by atoms with Gasteiger partial charge in [-0.15, -0.1) is 0 Å². The summed E-state index contributed by atoms with van der Waals surface area (Å²) in [7, 11) is 0. The van der Waals surface area contributed by atoms with E-state index in [9.17, 15) is 13.6 Å². The smallest absolute Gasteiger partial charge is 0.156 e. The van der Waals surface area contributed by atoms with Crippen molar-refractivity contribution >= 4 is 5.78 Å². The minimum atomic E-state index is -0.676. The SMILES string of the molecule is CC(C)(C(=O)Cc1ccc(F)cc1F)N1CCOCC1. The molecule has 3 nitrogen and oxygen atoms in total. The first-order chi connectivity index (χ1) is 9.41. The maximum absolute atomic E-state index is 13.6. The molecule has 1 heterocycles. The van der Waals surface area contributed by atoms with Crippen LogP contribution in [0.15, 0.2) is 18.2 Å². The Kier molecular flexibility index (Phi) is 4.50. The van der Waals surface area contributed by atoms with E-state index in [2.05, 4.69) is 0 Å². The highest BCUT2D eigenvalue weighted by molar-refractivity contribution is 5.89. The zero-order valence-corrected chi connectivity index (χ0v) is 11.8. The zero-order valence-electron chi connectivity index (χ0n) is 11.8. The van der Waals surface area contributed by atoms with Gasteiger partial charge in [0.1, 0.15) is 11.6 Å². The quantitative estimate of drug-likeness (QED) is 0.848. The average molecular weight is 283 g/mol. The highest BCUT2D eigenvalue weighted by atomic mass is 19.1. The Bertz CT molecular complexity index is 497. The topological polar surface area (TPSA) is 29.5 Å². The van der Waals surface area contributed by atoms with Crippen molar-refractivity contribution < 1.29 is 18.3 Å². The Morgan fingerprint density at radius 2 is 1.95 bits per heavy atom. The maximum Gasteiger partial charge on any atom is 0.156 e. The van der Waals surface area contributed by atoms with Crippen LogP contribution in [-0.2, 0) is 16.0 Å². The number of rotatable bonds is 4. The van der Waals surface area contributed by atoms with E-state index in [1.807, 2.05) is 18.7 Å². The molecular weight excluding hydrogens is 264 g/mol. The van der Waals surface area contributed by atoms with Gasteiger partial charge in [-0.05, 0) is 25.5 Å². The third kappa shape index (κ3) is 3.22. The molecule has 0 radical (unpaired) electrons. The zero-order chi connectivity index (χ0) is 14.8. The van der Waals surface area contributed by atoms with Crippen LogP contribution in [0, 0.1) is 11.6 Å². The van der Waals surface area contributed by atoms with Crippen molar-refractivity contribution in [2.24, 2.45) is 0 Å². The van der Waals surface area contributed by atoms with Gasteiger partial charge in [0.15, 0.2) is 5.78 Å². The lowest BCUT2D eigenvalue weighted by Gasteiger charge is -2.39. The first-order valence-electron chi connectivity index (χ1n) is 6.71. The van der Waals surface area contributed by atoms with Gasteiger partial charge >= 0.3 is 0 Å². The number of carbonyl (C=O) groups is 1. The number of Topliss-reactive ketones (excluding diaryl/α,β-unsaturated/α-hetero) is 1. The number of ether oxygens (including phenoxy) is 1. The number of hydrogen-bond donors (Lipinski definition) is 0. The third-order valence-corrected chi connectivity index (χ3v) is 3.85. The molecule has 1 aliphatic heterocycles. The molecule has 20 heavy (non-hydrogen) atoms. The van der Waals surface area contributed by atoms with Crippen LogP contribution in [0.5, 0.6) is 0 Å². The van der Waals surface area contributed by atoms with Gasteiger partial charge in [-0.2, -0.15) is 0 Å². The minimum absolute atomic E-state index is 0.0313. The van der Waals surface area contributed by atoms with Crippen LogP contribution in [-0.4, -0.2) is 42.5 Å². The van der Waals surface area contributed by atoms with Gasteiger partial charge in [-0.3, -0.25) is 9.69 Å². The fourth-order valence-electron chi connectivity index (χ4n) is 2.35. The second-order valence-corrected chi connectivity index (χ2v) is 5.49. The molecule has 0 saturated carbocycles. The molecular formula is C15H19F2NO2. The second-order valence-electron chi connectivity index (χ2n) is 5.49. The summed E-state index contributed by atoms with van der Waals surface area (Å²) in [6.07, 6.45) is -0.0313. The lowest BCUT2D eigenvalue weighted by Crippen LogP contribution is -2.54. The maximum atomic E-state index is 13.6. The number of halogens is 2. The number of hydrogen-bond acceptors (Lipinski definition) is 3. The molecule has 0 unspecified atom stereocenters. The van der Waals surface area contributed by atoms with E-state index in [0.717, 1.165) is 6.07 Å². The van der Waals surface area contributed by atoms with Gasteiger partial charge in [-0.1, -0.05) is 6.07 Å². The van der Waals surface area contributed by atoms with Crippen molar-refractivity contribution in [1.82, 2.24) is 4.90 Å². The molecule has 0 bridgehead atoms. The molecule has 1 aromatic carbocycles. The summed E-state index contributed by atoms with van der Waals surface area (Å²) in [6.45, 7) is 6.24. The molecule has 1 aromatic rings. The second kappa shape index (κ2) is 5.97. The van der Waals surface area contributed by atoms with E-state index in [4.69, 9.17) is 4.74 Å². The highest BCUT2D eigenvalue weighted by Gasteiger charge is 2.35. The van der Waals surface area contributed by atoms with Crippen molar-refractivity contribution in [2.75, 3.05) is 26.3 Å². The molecule has 0 aliphatic carbocycles. The van der Waals surface area contributed by atoms with E-state index < -0.39 is 17.2 Å². The van der Waals surface area contributed by atoms with Crippen molar-refractivity contribution in [3.63, 3.8) is 0 Å². The van der Waals surface area contributed by atoms with E-state index in [1.54, 1.807) is 0 Å². The lowest BCUT2D eigenvalue weighted by atomic mass is 9.91. The van der Waals surface area contributed by atoms with Crippen LogP contribution in [0.2, 0.25) is 0 Å². The third-order valence-electron chi connectivity index (χ3n) is 3.85. The Balaban J connectivity index is 2.09. The summed E-state index contributed by atoms with van der Waals surface area (Å²) in [5, 5.41) is 0. The molecule has 0 aromatic heterocycles. The summed E-state index contributed by atoms with van der Waals surface area (Å²) < 4.78 is 31.7. The molecule has 0 amide bonds. The number of morpholine rings is 1. The summed E-state index contributed by atoms with van der Waals surface area (Å²) >= 11 is 0. The molecule has 0 spiro atoms. The fourth-order valence-corrected chi connectivity index (χ4v) is 2.35. The standard InChI is InChI=1S/C15H19F2NO2/c1-15(2,18-5-7-20-8-6-18)14(19)9-11-3-4-12(16)10-13(11)17/h3-4,10H,5-9H2,1-2H3. The normalized spacial score (nSPS) is 17.2. The Labute approximate surface area is 117 Å². The monoisotopic (exact) mass is 283 g/mol. The molecule has 110 valence electrons. The predicted molar refractivity (Wildman–Crippen MR) is 71.5 cm³/mol. The van der Waals surface area contributed by atoms with Crippen molar-refractivity contribution in [3.05, 3.63) is 35.4 Å². The van der Waals surface area contributed by atoms with Crippen LogP contribution in [0.4, 0.5) is 8.78 Å². The molecule has 1 saturated heterocycles. The number of carbonyl (C=O) groups excluding carboxylic acids is 1. The van der Waals surface area contributed by atoms with E-state index >= 15 is 0 Å². The summed E-state index contributed by atoms with van der Waals surface area (Å²) in [4.78, 5) is 14.5. The fraction of sp³-hybridized carbons (Fsp3) is 0.533. The van der Waals surface area contributed by atoms with Crippen molar-refractivity contribution in [1.29, 1.82) is 0 Å². The van der Waals surface area contributed by atoms with E-state index in [0.29, 0.717) is 26.3 Å². The van der Waals surface area contributed by atoms with Crippen LogP contribution in [0.1, 0.15) is 19.4 Å².